The van der Waals surface area contributed by atoms with Gasteiger partial charge < -0.3 is 15.0 Å². The molecule has 0 radical (unpaired) electrons. The fourth-order valence-electron chi connectivity index (χ4n) is 2.13. The van der Waals surface area contributed by atoms with Crippen LogP contribution < -0.4 is 5.32 Å². The molecule has 96 valence electrons. The lowest BCUT2D eigenvalue weighted by molar-refractivity contribution is -0.136. The predicted octanol–water partition coefficient (Wildman–Crippen LogP) is 1.19. The number of nitrogens with one attached hydrogen (secondary N) is 1. The van der Waals surface area contributed by atoms with E-state index in [2.05, 4.69) is 11.4 Å². The largest absolute Gasteiger partial charge is 0.379 e. The van der Waals surface area contributed by atoms with Crippen LogP contribution in [0.4, 0.5) is 5.00 Å². The molecule has 2 rings (SSSR count). The molecular formula is C12H15N3O2S. The summed E-state index contributed by atoms with van der Waals surface area (Å²) in [5.41, 5.74) is 1.82. The van der Waals surface area contributed by atoms with Gasteiger partial charge in [0.1, 0.15) is 17.7 Å². The highest BCUT2D eigenvalue weighted by molar-refractivity contribution is 7.16. The number of carbonyl (C=O) groups excluding carboxylic acids is 1. The summed E-state index contributed by atoms with van der Waals surface area (Å²) in [6, 6.07) is 2.24. The average molecular weight is 265 g/mol. The molecule has 0 saturated carbocycles. The molecule has 1 aliphatic heterocycles. The highest BCUT2D eigenvalue weighted by Crippen LogP contribution is 2.36. The van der Waals surface area contributed by atoms with Crippen molar-refractivity contribution < 1.29 is 9.53 Å². The van der Waals surface area contributed by atoms with Crippen molar-refractivity contribution in [2.75, 3.05) is 32.6 Å². The molecule has 0 saturated heterocycles. The molecule has 2 heterocycles. The second-order valence-corrected chi connectivity index (χ2v) is 5.17. The van der Waals surface area contributed by atoms with Gasteiger partial charge in [0.05, 0.1) is 12.1 Å². The first-order valence-electron chi connectivity index (χ1n) is 5.70. The van der Waals surface area contributed by atoms with Crippen LogP contribution in [0.5, 0.6) is 0 Å². The first kappa shape index (κ1) is 12.9. The van der Waals surface area contributed by atoms with Crippen LogP contribution in [-0.4, -0.2) is 38.1 Å². The summed E-state index contributed by atoms with van der Waals surface area (Å²) >= 11 is 1.56. The van der Waals surface area contributed by atoms with Gasteiger partial charge in [0.15, 0.2) is 0 Å². The van der Waals surface area contributed by atoms with E-state index in [0.29, 0.717) is 13.1 Å². The summed E-state index contributed by atoms with van der Waals surface area (Å²) in [6.45, 7) is 1.35. The maximum atomic E-state index is 11.8. The number of hydrogen-bond donors (Lipinski definition) is 1. The molecule has 18 heavy (non-hydrogen) atoms. The molecule has 0 spiro atoms. The molecular weight excluding hydrogens is 250 g/mol. The molecule has 1 N–H and O–H groups in total. The summed E-state index contributed by atoms with van der Waals surface area (Å²) in [5.74, 6) is 0.000986. The third kappa shape index (κ3) is 2.19. The van der Waals surface area contributed by atoms with Crippen LogP contribution in [0.1, 0.15) is 16.0 Å². The number of methoxy groups -OCH3 is 1. The Labute approximate surface area is 110 Å². The molecule has 0 fully saturated rings. The quantitative estimate of drug-likeness (QED) is 0.891. The van der Waals surface area contributed by atoms with Crippen molar-refractivity contribution in [2.45, 2.75) is 13.0 Å². The smallest absolute Gasteiger partial charge is 0.248 e. The van der Waals surface area contributed by atoms with Crippen LogP contribution in [-0.2, 0) is 22.5 Å². The molecule has 1 amide bonds. The number of anilines is 1. The summed E-state index contributed by atoms with van der Waals surface area (Å²) in [4.78, 5) is 14.6. The van der Waals surface area contributed by atoms with Crippen molar-refractivity contribution >= 4 is 22.2 Å². The minimum absolute atomic E-state index is 0.000986. The summed E-state index contributed by atoms with van der Waals surface area (Å²) in [5, 5.41) is 13.1. The Balaban J connectivity index is 2.23. The zero-order valence-electron chi connectivity index (χ0n) is 10.4. The van der Waals surface area contributed by atoms with Crippen LogP contribution in [0.15, 0.2) is 0 Å². The minimum Gasteiger partial charge on any atom is -0.379 e. The zero-order chi connectivity index (χ0) is 13.1. The van der Waals surface area contributed by atoms with Gasteiger partial charge in [0.2, 0.25) is 5.91 Å². The van der Waals surface area contributed by atoms with Crippen LogP contribution in [0, 0.1) is 11.3 Å². The van der Waals surface area contributed by atoms with Crippen LogP contribution in [0.2, 0.25) is 0 Å². The molecule has 0 aliphatic carbocycles. The highest BCUT2D eigenvalue weighted by atomic mass is 32.1. The molecule has 1 aliphatic rings. The second kappa shape index (κ2) is 5.38. The molecule has 0 atom stereocenters. The van der Waals surface area contributed by atoms with Crippen molar-refractivity contribution in [1.29, 1.82) is 5.26 Å². The van der Waals surface area contributed by atoms with E-state index in [1.807, 2.05) is 7.05 Å². The van der Waals surface area contributed by atoms with Crippen LogP contribution in [0.25, 0.3) is 0 Å². The first-order chi connectivity index (χ1) is 8.71. The monoisotopic (exact) mass is 265 g/mol. The van der Waals surface area contributed by atoms with Gasteiger partial charge in [-0.1, -0.05) is 0 Å². The molecule has 5 nitrogen and oxygen atoms in total. The van der Waals surface area contributed by atoms with E-state index in [0.717, 1.165) is 27.4 Å². The summed E-state index contributed by atoms with van der Waals surface area (Å²) in [6.07, 6.45) is 0.742. The molecule has 6 heteroatoms. The number of rotatable bonds is 3. The Morgan fingerprint density at radius 1 is 1.67 bits per heavy atom. The standard InChI is InChI=1S/C12H15N3O2S/c1-14-12-9(5-13)8-3-4-15(6-10(8)18-12)11(16)7-17-2/h14H,3-4,6-7H2,1-2H3. The third-order valence-corrected chi connectivity index (χ3v) is 4.25. The number of nitrogens with zero attached hydrogens (tertiary/aromatic N) is 2. The maximum absolute atomic E-state index is 11.8. The zero-order valence-corrected chi connectivity index (χ0v) is 11.3. The number of amides is 1. The molecule has 0 bridgehead atoms. The SMILES string of the molecule is CNc1sc2c(c1C#N)CCN(C(=O)COC)C2. The van der Waals surface area contributed by atoms with E-state index in [1.165, 1.54) is 7.11 Å². The Bertz CT molecular complexity index is 504. The molecule has 0 unspecified atom stereocenters. The topological polar surface area (TPSA) is 65.4 Å². The molecule has 1 aromatic heterocycles. The van der Waals surface area contributed by atoms with E-state index in [9.17, 15) is 4.79 Å². The van der Waals surface area contributed by atoms with Gasteiger partial charge in [-0.25, -0.2) is 0 Å². The second-order valence-electron chi connectivity index (χ2n) is 4.07. The van der Waals surface area contributed by atoms with Gasteiger partial charge >= 0.3 is 0 Å². The molecule has 0 aromatic carbocycles. The number of ether oxygens (including phenoxy) is 1. The Kier molecular flexibility index (Phi) is 3.84. The van der Waals surface area contributed by atoms with Gasteiger partial charge in [0, 0.05) is 25.6 Å². The van der Waals surface area contributed by atoms with Crippen molar-refractivity contribution in [3.05, 3.63) is 16.0 Å². The first-order valence-corrected chi connectivity index (χ1v) is 6.52. The van der Waals surface area contributed by atoms with Crippen molar-refractivity contribution in [2.24, 2.45) is 0 Å². The third-order valence-electron chi connectivity index (χ3n) is 3.02. The maximum Gasteiger partial charge on any atom is 0.248 e. The normalized spacial score (nSPS) is 13.9. The average Bonchev–Trinajstić information content (AvgIpc) is 2.75. The van der Waals surface area contributed by atoms with E-state index in [-0.39, 0.29) is 12.5 Å². The summed E-state index contributed by atoms with van der Waals surface area (Å²) < 4.78 is 4.86. The lowest BCUT2D eigenvalue weighted by atomic mass is 10.0. The fraction of sp³-hybridized carbons (Fsp3) is 0.500. The predicted molar refractivity (Wildman–Crippen MR) is 69.6 cm³/mol. The summed E-state index contributed by atoms with van der Waals surface area (Å²) in [7, 11) is 3.33. The Morgan fingerprint density at radius 3 is 3.06 bits per heavy atom. The van der Waals surface area contributed by atoms with Crippen molar-refractivity contribution in [1.82, 2.24) is 4.90 Å². The number of thiophene rings is 1. The number of fused-ring (bicyclic) bond motifs is 1. The van der Waals surface area contributed by atoms with Crippen molar-refractivity contribution in [3.8, 4) is 6.07 Å². The van der Waals surface area contributed by atoms with Crippen LogP contribution in [0.3, 0.4) is 0 Å². The van der Waals surface area contributed by atoms with E-state index in [1.54, 1.807) is 16.2 Å². The van der Waals surface area contributed by atoms with E-state index < -0.39 is 0 Å². The lowest BCUT2D eigenvalue weighted by Crippen LogP contribution is -2.37. The minimum atomic E-state index is 0.000986. The number of hydrogen-bond acceptors (Lipinski definition) is 5. The number of carbonyl (C=O) groups is 1. The van der Waals surface area contributed by atoms with Crippen molar-refractivity contribution in [3.63, 3.8) is 0 Å². The van der Waals surface area contributed by atoms with Gasteiger partial charge in [-0.15, -0.1) is 11.3 Å². The van der Waals surface area contributed by atoms with Gasteiger partial charge in [-0.05, 0) is 12.0 Å². The molecule has 1 aromatic rings. The Morgan fingerprint density at radius 2 is 2.44 bits per heavy atom. The highest BCUT2D eigenvalue weighted by Gasteiger charge is 2.26. The lowest BCUT2D eigenvalue weighted by Gasteiger charge is -2.26. The number of nitriles is 1. The van der Waals surface area contributed by atoms with E-state index >= 15 is 0 Å². The van der Waals surface area contributed by atoms with Crippen LogP contribution >= 0.6 is 11.3 Å². The van der Waals surface area contributed by atoms with Gasteiger partial charge in [-0.2, -0.15) is 5.26 Å². The van der Waals surface area contributed by atoms with Gasteiger partial charge in [0.25, 0.3) is 0 Å². The fourth-order valence-corrected chi connectivity index (χ4v) is 3.29. The van der Waals surface area contributed by atoms with E-state index in [4.69, 9.17) is 10.00 Å². The van der Waals surface area contributed by atoms with Gasteiger partial charge in [-0.3, -0.25) is 4.79 Å². The Hall–Kier alpha value is -1.58.